The Kier molecular flexibility index (Phi) is 4.84. The Morgan fingerprint density at radius 2 is 1.48 bits per heavy atom. The van der Waals surface area contributed by atoms with Crippen molar-refractivity contribution in [2.75, 3.05) is 11.5 Å². The lowest BCUT2D eigenvalue weighted by Crippen LogP contribution is -2.33. The summed E-state index contributed by atoms with van der Waals surface area (Å²) < 4.78 is 47.0. The van der Waals surface area contributed by atoms with Crippen LogP contribution < -0.4 is 0 Å². The first-order valence-electron chi connectivity index (χ1n) is 6.15. The number of sulfone groups is 2. The zero-order valence-electron chi connectivity index (χ0n) is 12.0. The molecular weight excluding hydrogens is 316 g/mol. The number of rotatable bonds is 5. The van der Waals surface area contributed by atoms with E-state index in [2.05, 4.69) is 0 Å². The van der Waals surface area contributed by atoms with Crippen molar-refractivity contribution in [3.8, 4) is 0 Å². The molecule has 0 spiro atoms. The highest BCUT2D eigenvalue weighted by molar-refractivity contribution is 7.95. The number of carboxylic acid groups (broad SMARTS) is 1. The SMILES string of the molecule is CC(C)(C)S(=O)(=O)CCS(=O)(=O)c1ccc(C(=O)O)cc1. The molecule has 6 nitrogen and oxygen atoms in total. The van der Waals surface area contributed by atoms with Gasteiger partial charge in [0, 0.05) is 0 Å². The number of aromatic carboxylic acids is 1. The molecule has 0 aliphatic carbocycles. The maximum atomic E-state index is 12.1. The van der Waals surface area contributed by atoms with Crippen molar-refractivity contribution in [2.45, 2.75) is 30.4 Å². The molecule has 0 aliphatic heterocycles. The first-order chi connectivity index (χ1) is 9.37. The molecule has 0 unspecified atom stereocenters. The highest BCUT2D eigenvalue weighted by Crippen LogP contribution is 2.18. The van der Waals surface area contributed by atoms with Crippen LogP contribution in [0.15, 0.2) is 29.2 Å². The van der Waals surface area contributed by atoms with E-state index in [-0.39, 0.29) is 10.5 Å². The van der Waals surface area contributed by atoms with Gasteiger partial charge in [-0.15, -0.1) is 0 Å². The zero-order chi connectivity index (χ0) is 16.5. The summed E-state index contributed by atoms with van der Waals surface area (Å²) in [6.07, 6.45) is 0. The summed E-state index contributed by atoms with van der Waals surface area (Å²) in [6.45, 7) is 4.53. The van der Waals surface area contributed by atoms with E-state index in [1.54, 1.807) is 0 Å². The van der Waals surface area contributed by atoms with E-state index in [0.29, 0.717) is 0 Å². The molecule has 0 saturated heterocycles. The van der Waals surface area contributed by atoms with E-state index >= 15 is 0 Å². The largest absolute Gasteiger partial charge is 0.478 e. The third-order valence-corrected chi connectivity index (χ3v) is 7.61. The van der Waals surface area contributed by atoms with Gasteiger partial charge in [-0.1, -0.05) is 0 Å². The molecule has 1 aromatic rings. The first-order valence-corrected chi connectivity index (χ1v) is 9.46. The van der Waals surface area contributed by atoms with Gasteiger partial charge < -0.3 is 5.11 Å². The molecule has 0 bridgehead atoms. The third-order valence-electron chi connectivity index (χ3n) is 3.01. The number of hydrogen-bond donors (Lipinski definition) is 1. The minimum atomic E-state index is -3.77. The van der Waals surface area contributed by atoms with E-state index in [0.717, 1.165) is 0 Å². The topological polar surface area (TPSA) is 106 Å². The van der Waals surface area contributed by atoms with E-state index in [9.17, 15) is 21.6 Å². The van der Waals surface area contributed by atoms with Crippen molar-refractivity contribution in [3.05, 3.63) is 29.8 Å². The molecule has 0 fully saturated rings. The highest BCUT2D eigenvalue weighted by Gasteiger charge is 2.30. The van der Waals surface area contributed by atoms with Crippen LogP contribution in [-0.4, -0.2) is 44.2 Å². The Morgan fingerprint density at radius 1 is 1.00 bits per heavy atom. The summed E-state index contributed by atoms with van der Waals surface area (Å²) in [5.74, 6) is -2.16. The average molecular weight is 334 g/mol. The van der Waals surface area contributed by atoms with Crippen LogP contribution in [-0.2, 0) is 19.7 Å². The van der Waals surface area contributed by atoms with Gasteiger partial charge in [-0.05, 0) is 45.0 Å². The van der Waals surface area contributed by atoms with Crippen LogP contribution >= 0.6 is 0 Å². The lowest BCUT2D eigenvalue weighted by Gasteiger charge is -2.18. The molecule has 1 rings (SSSR count). The van der Waals surface area contributed by atoms with Gasteiger partial charge >= 0.3 is 5.97 Å². The molecule has 0 heterocycles. The average Bonchev–Trinajstić information content (AvgIpc) is 2.35. The summed E-state index contributed by atoms with van der Waals surface area (Å²) in [5, 5.41) is 8.75. The van der Waals surface area contributed by atoms with E-state index in [1.165, 1.54) is 45.0 Å². The maximum absolute atomic E-state index is 12.1. The number of carbonyl (C=O) groups is 1. The zero-order valence-corrected chi connectivity index (χ0v) is 13.7. The molecule has 0 radical (unpaired) electrons. The van der Waals surface area contributed by atoms with E-state index in [1.807, 2.05) is 0 Å². The van der Waals surface area contributed by atoms with Gasteiger partial charge in [-0.2, -0.15) is 0 Å². The summed E-state index contributed by atoms with van der Waals surface area (Å²) in [6, 6.07) is 4.69. The van der Waals surface area contributed by atoms with Crippen molar-refractivity contribution in [1.82, 2.24) is 0 Å². The van der Waals surface area contributed by atoms with Gasteiger partial charge in [0.2, 0.25) is 0 Å². The van der Waals surface area contributed by atoms with Crippen LogP contribution in [0.5, 0.6) is 0 Å². The van der Waals surface area contributed by atoms with Gasteiger partial charge in [-0.3, -0.25) is 0 Å². The summed E-state index contributed by atoms with van der Waals surface area (Å²) in [7, 11) is -7.30. The molecule has 0 aromatic heterocycles. The molecule has 1 N–H and O–H groups in total. The summed E-state index contributed by atoms with van der Waals surface area (Å²) >= 11 is 0. The molecule has 1 aromatic carbocycles. The number of hydrogen-bond acceptors (Lipinski definition) is 5. The Bertz CT molecular complexity index is 722. The van der Waals surface area contributed by atoms with Crippen molar-refractivity contribution < 1.29 is 26.7 Å². The molecule has 118 valence electrons. The predicted molar refractivity (Wildman–Crippen MR) is 79.0 cm³/mol. The second-order valence-corrected chi connectivity index (χ2v) is 10.6. The Hall–Kier alpha value is -1.41. The van der Waals surface area contributed by atoms with E-state index < -0.39 is 41.9 Å². The number of benzene rings is 1. The minimum absolute atomic E-state index is 0.0312. The van der Waals surface area contributed by atoms with Gasteiger partial charge in [0.25, 0.3) is 0 Å². The van der Waals surface area contributed by atoms with Crippen LogP contribution in [0, 0.1) is 0 Å². The monoisotopic (exact) mass is 334 g/mol. The highest BCUT2D eigenvalue weighted by atomic mass is 32.2. The Balaban J connectivity index is 2.95. The van der Waals surface area contributed by atoms with Crippen LogP contribution in [0.1, 0.15) is 31.1 Å². The van der Waals surface area contributed by atoms with E-state index in [4.69, 9.17) is 5.11 Å². The Labute approximate surface area is 124 Å². The van der Waals surface area contributed by atoms with Crippen molar-refractivity contribution in [2.24, 2.45) is 0 Å². The van der Waals surface area contributed by atoms with Crippen molar-refractivity contribution >= 4 is 25.6 Å². The third kappa shape index (κ3) is 4.28. The minimum Gasteiger partial charge on any atom is -0.478 e. The number of carboxylic acids is 1. The maximum Gasteiger partial charge on any atom is 0.335 e. The molecule has 8 heteroatoms. The fourth-order valence-corrected chi connectivity index (χ4v) is 4.60. The van der Waals surface area contributed by atoms with Gasteiger partial charge in [0.15, 0.2) is 19.7 Å². The predicted octanol–water partition coefficient (Wildman–Crippen LogP) is 1.37. The second-order valence-electron chi connectivity index (χ2n) is 5.58. The molecule has 0 saturated carbocycles. The second kappa shape index (κ2) is 5.76. The van der Waals surface area contributed by atoms with Gasteiger partial charge in [-0.25, -0.2) is 21.6 Å². The molecular formula is C13H18O6S2. The molecule has 0 atom stereocenters. The standard InChI is InChI=1S/C13H18O6S2/c1-13(2,3)21(18,19)9-8-20(16,17)11-6-4-10(5-7-11)12(14)15/h4-7H,8-9H2,1-3H3,(H,14,15). The van der Waals surface area contributed by atoms with Crippen LogP contribution in [0.25, 0.3) is 0 Å². The quantitative estimate of drug-likeness (QED) is 0.872. The lowest BCUT2D eigenvalue weighted by atomic mass is 10.2. The molecule has 21 heavy (non-hydrogen) atoms. The summed E-state index contributed by atoms with van der Waals surface area (Å²) in [4.78, 5) is 10.6. The molecule has 0 aliphatic rings. The fourth-order valence-electron chi connectivity index (χ4n) is 1.45. The van der Waals surface area contributed by atoms with Gasteiger partial charge in [0.1, 0.15) is 0 Å². The fraction of sp³-hybridized carbons (Fsp3) is 0.462. The molecule has 0 amide bonds. The van der Waals surface area contributed by atoms with Crippen LogP contribution in [0.2, 0.25) is 0 Å². The lowest BCUT2D eigenvalue weighted by molar-refractivity contribution is 0.0696. The van der Waals surface area contributed by atoms with Crippen LogP contribution in [0.4, 0.5) is 0 Å². The normalized spacial score (nSPS) is 13.1. The first kappa shape index (κ1) is 17.6. The van der Waals surface area contributed by atoms with Gasteiger partial charge in [0.05, 0.1) is 26.7 Å². The van der Waals surface area contributed by atoms with Crippen molar-refractivity contribution in [3.63, 3.8) is 0 Å². The van der Waals surface area contributed by atoms with Crippen molar-refractivity contribution in [1.29, 1.82) is 0 Å². The smallest absolute Gasteiger partial charge is 0.335 e. The summed E-state index contributed by atoms with van der Waals surface area (Å²) in [5.41, 5.74) is -0.0312. The Morgan fingerprint density at radius 3 is 1.86 bits per heavy atom. The van der Waals surface area contributed by atoms with Crippen LogP contribution in [0.3, 0.4) is 0 Å².